The molecule has 134 valence electrons. The molecule has 1 unspecified atom stereocenters. The van der Waals surface area contributed by atoms with Crippen molar-refractivity contribution in [1.82, 2.24) is 5.32 Å². The highest BCUT2D eigenvalue weighted by molar-refractivity contribution is 7.73. The Hall–Kier alpha value is -1.34. The molecular formula is C16H21ClFNO4S. The molecule has 0 aromatic carbocycles. The minimum absolute atomic E-state index is 0.0738. The van der Waals surface area contributed by atoms with Crippen molar-refractivity contribution in [2.24, 2.45) is 5.92 Å². The Kier molecular flexibility index (Phi) is 6.86. The van der Waals surface area contributed by atoms with E-state index in [1.54, 1.807) is 0 Å². The molecule has 0 bridgehead atoms. The summed E-state index contributed by atoms with van der Waals surface area (Å²) in [7, 11) is -1.55. The van der Waals surface area contributed by atoms with E-state index in [-0.39, 0.29) is 16.4 Å². The molecule has 24 heavy (non-hydrogen) atoms. The van der Waals surface area contributed by atoms with E-state index in [0.717, 1.165) is 31.8 Å². The van der Waals surface area contributed by atoms with Gasteiger partial charge in [0.05, 0.1) is 17.2 Å². The molecule has 1 saturated carbocycles. The molecule has 0 saturated heterocycles. The summed E-state index contributed by atoms with van der Waals surface area (Å²) in [6, 6.07) is 0. The van der Waals surface area contributed by atoms with Gasteiger partial charge in [-0.1, -0.05) is 37.3 Å². The second-order valence-electron chi connectivity index (χ2n) is 5.99. The number of nitrogens with one attached hydrogen (secondary N) is 1. The number of rotatable bonds is 4. The molecule has 0 heterocycles. The van der Waals surface area contributed by atoms with Gasteiger partial charge < -0.3 is 10.1 Å². The van der Waals surface area contributed by atoms with E-state index >= 15 is 0 Å². The van der Waals surface area contributed by atoms with Gasteiger partial charge in [-0.2, -0.15) is 8.42 Å². The first-order valence-corrected chi connectivity index (χ1v) is 9.47. The van der Waals surface area contributed by atoms with Crippen molar-refractivity contribution >= 4 is 32.7 Å². The van der Waals surface area contributed by atoms with Gasteiger partial charge in [0.2, 0.25) is 16.2 Å². The first-order valence-electron chi connectivity index (χ1n) is 8.02. The number of hydrogen-bond acceptors (Lipinski definition) is 4. The second kappa shape index (κ2) is 8.67. The third kappa shape index (κ3) is 4.39. The van der Waals surface area contributed by atoms with E-state index < -0.39 is 27.2 Å². The number of carbonyl (C=O) groups is 1. The average Bonchev–Trinajstić information content (AvgIpc) is 2.82. The Morgan fingerprint density at radius 2 is 1.96 bits per heavy atom. The van der Waals surface area contributed by atoms with Crippen LogP contribution in [0.4, 0.5) is 4.39 Å². The molecule has 1 amide bonds. The number of alkyl halides is 1. The van der Waals surface area contributed by atoms with Crippen LogP contribution in [-0.2, 0) is 19.8 Å². The van der Waals surface area contributed by atoms with Crippen LogP contribution in [0.5, 0.6) is 0 Å². The molecule has 0 aliphatic heterocycles. The van der Waals surface area contributed by atoms with E-state index in [4.69, 9.17) is 16.3 Å². The molecule has 0 aromatic rings. The minimum Gasteiger partial charge on any atom is -0.490 e. The molecule has 2 aliphatic carbocycles. The highest BCUT2D eigenvalue weighted by atomic mass is 35.5. The van der Waals surface area contributed by atoms with Crippen molar-refractivity contribution in [2.45, 2.75) is 44.7 Å². The van der Waals surface area contributed by atoms with E-state index in [2.05, 4.69) is 5.32 Å². The summed E-state index contributed by atoms with van der Waals surface area (Å²) in [4.78, 5) is 11.1. The van der Waals surface area contributed by atoms with Crippen LogP contribution in [0.2, 0.25) is 0 Å². The molecule has 0 radical (unpaired) electrons. The van der Waals surface area contributed by atoms with Crippen LogP contribution in [0.1, 0.15) is 38.5 Å². The summed E-state index contributed by atoms with van der Waals surface area (Å²) in [6.07, 6.45) is 5.63. The van der Waals surface area contributed by atoms with E-state index in [0.29, 0.717) is 12.5 Å². The average molecular weight is 378 g/mol. The van der Waals surface area contributed by atoms with E-state index in [9.17, 15) is 17.6 Å². The standard InChI is InChI=1S/C16H21ClFNO4S/c1-19-16(20)11-8-12(17)14(15(13(11)18)24(21)22)23-9-10-6-4-2-3-5-7-10/h8,10,13H,2-7,9H2,1H3,(H,19,20). The lowest BCUT2D eigenvalue weighted by molar-refractivity contribution is -0.117. The fraction of sp³-hybridized carbons (Fsp3) is 0.625. The van der Waals surface area contributed by atoms with Crippen molar-refractivity contribution in [3.8, 4) is 0 Å². The van der Waals surface area contributed by atoms with E-state index in [1.165, 1.54) is 19.9 Å². The monoisotopic (exact) mass is 377 g/mol. The topological polar surface area (TPSA) is 72.5 Å². The summed E-state index contributed by atoms with van der Waals surface area (Å²) < 4.78 is 43.1. The zero-order chi connectivity index (χ0) is 17.7. The van der Waals surface area contributed by atoms with Crippen molar-refractivity contribution in [3.63, 3.8) is 0 Å². The summed E-state index contributed by atoms with van der Waals surface area (Å²) >= 11 is 6.07. The molecule has 0 aromatic heterocycles. The van der Waals surface area contributed by atoms with Crippen molar-refractivity contribution < 1.29 is 22.3 Å². The molecule has 1 fully saturated rings. The maximum absolute atomic E-state index is 14.5. The third-order valence-electron chi connectivity index (χ3n) is 4.33. The maximum Gasteiger partial charge on any atom is 0.250 e. The predicted octanol–water partition coefficient (Wildman–Crippen LogP) is 2.50. The Bertz CT molecular complexity index is 683. The van der Waals surface area contributed by atoms with Gasteiger partial charge in [0, 0.05) is 7.05 Å². The Balaban J connectivity index is 2.26. The lowest BCUT2D eigenvalue weighted by Gasteiger charge is -2.23. The summed E-state index contributed by atoms with van der Waals surface area (Å²) in [6.45, 7) is 0.294. The summed E-state index contributed by atoms with van der Waals surface area (Å²) in [5, 5.41) is 2.19. The van der Waals surface area contributed by atoms with Crippen LogP contribution in [0.15, 0.2) is 22.4 Å². The molecule has 1 atom stereocenters. The smallest absolute Gasteiger partial charge is 0.250 e. The molecular weight excluding hydrogens is 357 g/mol. The summed E-state index contributed by atoms with van der Waals surface area (Å²) in [5.74, 6) is -0.603. The van der Waals surface area contributed by atoms with Gasteiger partial charge in [-0.25, -0.2) is 4.39 Å². The van der Waals surface area contributed by atoms with E-state index in [1.807, 2.05) is 0 Å². The number of amides is 1. The minimum atomic E-state index is -2.88. The van der Waals surface area contributed by atoms with Gasteiger partial charge in [-0.15, -0.1) is 0 Å². The van der Waals surface area contributed by atoms with Gasteiger partial charge in [0.25, 0.3) is 0 Å². The van der Waals surface area contributed by atoms with Crippen molar-refractivity contribution in [1.29, 1.82) is 0 Å². The third-order valence-corrected chi connectivity index (χ3v) is 5.37. The highest BCUT2D eigenvalue weighted by Crippen LogP contribution is 2.30. The van der Waals surface area contributed by atoms with Gasteiger partial charge in [-0.3, -0.25) is 4.79 Å². The van der Waals surface area contributed by atoms with Crippen LogP contribution < -0.4 is 5.32 Å². The zero-order valence-electron chi connectivity index (χ0n) is 13.5. The Morgan fingerprint density at radius 3 is 2.50 bits per heavy atom. The Morgan fingerprint density at radius 1 is 1.33 bits per heavy atom. The highest BCUT2D eigenvalue weighted by Gasteiger charge is 2.35. The molecule has 8 heteroatoms. The van der Waals surface area contributed by atoms with Crippen LogP contribution in [-0.4, -0.2) is 39.0 Å². The lowest BCUT2D eigenvalue weighted by Crippen LogP contribution is -2.34. The second-order valence-corrected chi connectivity index (χ2v) is 7.30. The lowest BCUT2D eigenvalue weighted by atomic mass is 9.99. The fourth-order valence-electron chi connectivity index (χ4n) is 3.01. The maximum atomic E-state index is 14.5. The van der Waals surface area contributed by atoms with Gasteiger partial charge >= 0.3 is 0 Å². The molecule has 1 N–H and O–H groups in total. The van der Waals surface area contributed by atoms with Crippen molar-refractivity contribution in [3.05, 3.63) is 22.4 Å². The van der Waals surface area contributed by atoms with Crippen LogP contribution in [0, 0.1) is 5.92 Å². The number of ether oxygens (including phenoxy) is 1. The number of allylic oxidation sites excluding steroid dienone is 3. The van der Waals surface area contributed by atoms with Crippen LogP contribution in [0.25, 0.3) is 0 Å². The quantitative estimate of drug-likeness (QED) is 0.603. The van der Waals surface area contributed by atoms with Crippen molar-refractivity contribution in [2.75, 3.05) is 13.7 Å². The van der Waals surface area contributed by atoms with Gasteiger partial charge in [-0.05, 0) is 24.8 Å². The van der Waals surface area contributed by atoms with Gasteiger partial charge in [0.15, 0.2) is 16.8 Å². The largest absolute Gasteiger partial charge is 0.490 e. The van der Waals surface area contributed by atoms with Gasteiger partial charge in [0.1, 0.15) is 0 Å². The number of hydrogen-bond donors (Lipinski definition) is 1. The Labute approximate surface area is 147 Å². The SMILES string of the molecule is CNC(=O)C1=CC(Cl)=C(OCC2CCCCCC2)C(=S(=O)=O)C1F. The number of likely N-dealkylation sites (N-methyl/N-ethyl adjacent to an activating group) is 1. The molecule has 2 rings (SSSR count). The first-order chi connectivity index (χ1) is 11.5. The van der Waals surface area contributed by atoms with Crippen LogP contribution in [0.3, 0.4) is 0 Å². The number of carbonyl (C=O) groups excluding carboxylic acids is 1. The van der Waals surface area contributed by atoms with Crippen LogP contribution >= 0.6 is 11.6 Å². The molecule has 2 aliphatic rings. The predicted molar refractivity (Wildman–Crippen MR) is 91.0 cm³/mol. The first kappa shape index (κ1) is 19.0. The number of halogens is 2. The fourth-order valence-corrected chi connectivity index (χ4v) is 3.95. The summed E-state index contributed by atoms with van der Waals surface area (Å²) in [5.41, 5.74) is -0.344. The molecule has 0 spiro atoms. The zero-order valence-corrected chi connectivity index (χ0v) is 15.1. The normalized spacial score (nSPS) is 22.7. The molecule has 5 nitrogen and oxygen atoms in total.